The average Bonchev–Trinajstić information content (AvgIpc) is 3.08. The van der Waals surface area contributed by atoms with Crippen LogP contribution in [0.2, 0.25) is 0 Å². The molecule has 5 nitrogen and oxygen atoms in total. The van der Waals surface area contributed by atoms with E-state index in [2.05, 4.69) is 38.0 Å². The zero-order chi connectivity index (χ0) is 16.9. The molecule has 1 aliphatic heterocycles. The van der Waals surface area contributed by atoms with Crippen molar-refractivity contribution in [3.05, 3.63) is 28.7 Å². The Kier molecular flexibility index (Phi) is 5.94. The van der Waals surface area contributed by atoms with E-state index in [1.54, 1.807) is 0 Å². The Morgan fingerprint density at radius 3 is 3.04 bits per heavy atom. The van der Waals surface area contributed by atoms with Gasteiger partial charge in [-0.1, -0.05) is 52.8 Å². The number of hydrogen-bond acceptors (Lipinski definition) is 4. The van der Waals surface area contributed by atoms with Gasteiger partial charge in [-0.2, -0.15) is 0 Å². The first kappa shape index (κ1) is 17.5. The monoisotopic (exact) mass is 408 g/mol. The highest BCUT2D eigenvalue weighted by molar-refractivity contribution is 9.10. The topological polar surface area (TPSA) is 61.9 Å². The second-order valence-electron chi connectivity index (χ2n) is 5.88. The summed E-state index contributed by atoms with van der Waals surface area (Å²) >= 11 is 4.91. The molecule has 128 valence electrons. The van der Waals surface area contributed by atoms with Crippen LogP contribution in [-0.2, 0) is 4.79 Å². The SMILES string of the molecule is CC[C@H]1CCCCN1C(=O)CSc1n[nH]c(-c2ccccc2Br)n1. The van der Waals surface area contributed by atoms with E-state index in [9.17, 15) is 4.79 Å². The maximum Gasteiger partial charge on any atom is 0.233 e. The van der Waals surface area contributed by atoms with Crippen LogP contribution in [0, 0.1) is 0 Å². The lowest BCUT2D eigenvalue weighted by Gasteiger charge is -2.35. The number of amides is 1. The number of carbonyl (C=O) groups is 1. The number of H-pyrrole nitrogens is 1. The second-order valence-corrected chi connectivity index (χ2v) is 7.68. The summed E-state index contributed by atoms with van der Waals surface area (Å²) in [5.41, 5.74) is 0.963. The van der Waals surface area contributed by atoms with Crippen molar-refractivity contribution in [3.63, 3.8) is 0 Å². The zero-order valence-corrected chi connectivity index (χ0v) is 16.1. The minimum absolute atomic E-state index is 0.193. The molecule has 24 heavy (non-hydrogen) atoms. The van der Waals surface area contributed by atoms with Crippen molar-refractivity contribution in [2.24, 2.45) is 0 Å². The van der Waals surface area contributed by atoms with Crippen molar-refractivity contribution in [1.82, 2.24) is 20.1 Å². The second kappa shape index (κ2) is 8.16. The molecule has 1 aromatic carbocycles. The molecule has 0 spiro atoms. The predicted molar refractivity (Wildman–Crippen MR) is 99.9 cm³/mol. The number of halogens is 1. The van der Waals surface area contributed by atoms with Crippen molar-refractivity contribution < 1.29 is 4.79 Å². The molecule has 7 heteroatoms. The maximum atomic E-state index is 12.5. The van der Waals surface area contributed by atoms with Crippen LogP contribution in [0.3, 0.4) is 0 Å². The molecule has 2 heterocycles. The minimum atomic E-state index is 0.193. The number of aromatic amines is 1. The fourth-order valence-electron chi connectivity index (χ4n) is 3.05. The molecule has 3 rings (SSSR count). The van der Waals surface area contributed by atoms with Gasteiger partial charge in [0.2, 0.25) is 11.1 Å². The van der Waals surface area contributed by atoms with Crippen LogP contribution in [0.1, 0.15) is 32.6 Å². The smallest absolute Gasteiger partial charge is 0.233 e. The van der Waals surface area contributed by atoms with E-state index in [4.69, 9.17) is 0 Å². The average molecular weight is 409 g/mol. The van der Waals surface area contributed by atoms with E-state index in [0.717, 1.165) is 35.8 Å². The van der Waals surface area contributed by atoms with Crippen molar-refractivity contribution >= 4 is 33.6 Å². The number of rotatable bonds is 5. The van der Waals surface area contributed by atoms with Crippen LogP contribution < -0.4 is 0 Å². The highest BCUT2D eigenvalue weighted by Crippen LogP contribution is 2.27. The van der Waals surface area contributed by atoms with Crippen molar-refractivity contribution in [2.45, 2.75) is 43.8 Å². The number of benzene rings is 1. The minimum Gasteiger partial charge on any atom is -0.339 e. The largest absolute Gasteiger partial charge is 0.339 e. The molecule has 1 amide bonds. The number of piperidine rings is 1. The van der Waals surface area contributed by atoms with Crippen LogP contribution in [0.5, 0.6) is 0 Å². The summed E-state index contributed by atoms with van der Waals surface area (Å²) in [4.78, 5) is 19.0. The van der Waals surface area contributed by atoms with Crippen LogP contribution >= 0.6 is 27.7 Å². The van der Waals surface area contributed by atoms with Gasteiger partial charge in [0.05, 0.1) is 5.75 Å². The number of likely N-dealkylation sites (tertiary alicyclic amines) is 1. The molecule has 2 aromatic rings. The standard InChI is InChI=1S/C17H21BrN4OS/c1-2-12-7-5-6-10-22(12)15(23)11-24-17-19-16(20-21-17)13-8-3-4-9-14(13)18/h3-4,8-9,12H,2,5-7,10-11H2,1H3,(H,19,20,21)/t12-/m0/s1. The Bertz CT molecular complexity index is 705. The van der Waals surface area contributed by atoms with E-state index in [0.29, 0.717) is 22.8 Å². The Morgan fingerprint density at radius 1 is 1.42 bits per heavy atom. The lowest BCUT2D eigenvalue weighted by Crippen LogP contribution is -2.44. The maximum absolute atomic E-state index is 12.5. The molecule has 1 atom stereocenters. The van der Waals surface area contributed by atoms with Gasteiger partial charge in [-0.25, -0.2) is 4.98 Å². The number of aromatic nitrogens is 3. The van der Waals surface area contributed by atoms with Gasteiger partial charge in [0, 0.05) is 22.6 Å². The Hall–Kier alpha value is -1.34. The molecule has 1 fully saturated rings. The molecule has 1 saturated heterocycles. The van der Waals surface area contributed by atoms with Crippen LogP contribution in [0.15, 0.2) is 33.9 Å². The van der Waals surface area contributed by atoms with Gasteiger partial charge in [-0.15, -0.1) is 5.10 Å². The van der Waals surface area contributed by atoms with E-state index in [-0.39, 0.29) is 5.91 Å². The van der Waals surface area contributed by atoms with Gasteiger partial charge in [0.1, 0.15) is 0 Å². The number of hydrogen-bond donors (Lipinski definition) is 1. The predicted octanol–water partition coefficient (Wildman–Crippen LogP) is 4.12. The zero-order valence-electron chi connectivity index (χ0n) is 13.7. The summed E-state index contributed by atoms with van der Waals surface area (Å²) in [5, 5.41) is 7.78. The van der Waals surface area contributed by atoms with E-state index in [1.165, 1.54) is 18.2 Å². The summed E-state index contributed by atoms with van der Waals surface area (Å²) in [6.45, 7) is 3.04. The summed E-state index contributed by atoms with van der Waals surface area (Å²) in [6.07, 6.45) is 4.49. The number of nitrogens with one attached hydrogen (secondary N) is 1. The molecule has 0 radical (unpaired) electrons. The molecule has 0 unspecified atom stereocenters. The highest BCUT2D eigenvalue weighted by Gasteiger charge is 2.25. The van der Waals surface area contributed by atoms with Gasteiger partial charge in [-0.3, -0.25) is 9.89 Å². The highest BCUT2D eigenvalue weighted by atomic mass is 79.9. The number of nitrogens with zero attached hydrogens (tertiary/aromatic N) is 3. The fraction of sp³-hybridized carbons (Fsp3) is 0.471. The molecule has 0 aliphatic carbocycles. The van der Waals surface area contributed by atoms with Crippen molar-refractivity contribution in [3.8, 4) is 11.4 Å². The van der Waals surface area contributed by atoms with Crippen molar-refractivity contribution in [2.75, 3.05) is 12.3 Å². The summed E-state index contributed by atoms with van der Waals surface area (Å²) in [5.74, 6) is 1.30. The number of carbonyl (C=O) groups excluding carboxylic acids is 1. The Morgan fingerprint density at radius 2 is 2.25 bits per heavy atom. The van der Waals surface area contributed by atoms with Crippen LogP contribution in [0.25, 0.3) is 11.4 Å². The van der Waals surface area contributed by atoms with E-state index < -0.39 is 0 Å². The summed E-state index contributed by atoms with van der Waals surface area (Å²) < 4.78 is 0.966. The van der Waals surface area contributed by atoms with Gasteiger partial charge >= 0.3 is 0 Å². The molecule has 1 aromatic heterocycles. The molecule has 1 aliphatic rings. The first-order valence-corrected chi connectivity index (χ1v) is 10.1. The lowest BCUT2D eigenvalue weighted by molar-refractivity contribution is -0.132. The molecule has 0 bridgehead atoms. The molecule has 1 N–H and O–H groups in total. The third-order valence-corrected chi connectivity index (χ3v) is 5.86. The Balaban J connectivity index is 1.61. The van der Waals surface area contributed by atoms with Gasteiger partial charge in [0.25, 0.3) is 0 Å². The van der Waals surface area contributed by atoms with E-state index >= 15 is 0 Å². The first-order valence-electron chi connectivity index (χ1n) is 8.28. The first-order chi connectivity index (χ1) is 11.7. The third-order valence-electron chi connectivity index (χ3n) is 4.34. The molecular weight excluding hydrogens is 388 g/mol. The lowest BCUT2D eigenvalue weighted by atomic mass is 10.0. The van der Waals surface area contributed by atoms with Crippen LogP contribution in [0.4, 0.5) is 0 Å². The molecule has 0 saturated carbocycles. The normalized spacial score (nSPS) is 17.9. The van der Waals surface area contributed by atoms with Crippen molar-refractivity contribution in [1.29, 1.82) is 0 Å². The summed E-state index contributed by atoms with van der Waals surface area (Å²) in [7, 11) is 0. The van der Waals surface area contributed by atoms with Gasteiger partial charge < -0.3 is 4.90 Å². The number of thioether (sulfide) groups is 1. The van der Waals surface area contributed by atoms with Gasteiger partial charge in [0.15, 0.2) is 5.82 Å². The fourth-order valence-corrected chi connectivity index (χ4v) is 4.20. The quantitative estimate of drug-likeness (QED) is 0.755. The third kappa shape index (κ3) is 4.00. The summed E-state index contributed by atoms with van der Waals surface area (Å²) in [6, 6.07) is 8.26. The molecular formula is C17H21BrN4OS. The van der Waals surface area contributed by atoms with Gasteiger partial charge in [-0.05, 0) is 31.7 Å². The van der Waals surface area contributed by atoms with Crippen LogP contribution in [-0.4, -0.2) is 44.3 Å². The Labute approximate surface area is 154 Å². The van der Waals surface area contributed by atoms with E-state index in [1.807, 2.05) is 29.2 Å².